The van der Waals surface area contributed by atoms with Crippen LogP contribution in [0.5, 0.6) is 5.88 Å². The van der Waals surface area contributed by atoms with Gasteiger partial charge in [-0.3, -0.25) is 4.90 Å². The molecular formula is C12H20N4O2. The lowest BCUT2D eigenvalue weighted by atomic mass is 10.4. The predicted molar refractivity (Wildman–Crippen MR) is 69.1 cm³/mol. The van der Waals surface area contributed by atoms with Crippen LogP contribution in [0.15, 0.2) is 12.4 Å². The Bertz CT molecular complexity index is 369. The van der Waals surface area contributed by atoms with Crippen LogP contribution in [0.25, 0.3) is 0 Å². The number of methoxy groups -OCH3 is 1. The minimum absolute atomic E-state index is 0.571. The summed E-state index contributed by atoms with van der Waals surface area (Å²) in [7, 11) is 3.62. The third-order valence-corrected chi connectivity index (χ3v) is 3.06. The lowest BCUT2D eigenvalue weighted by Gasteiger charge is -2.29. The number of hydrogen-bond donors (Lipinski definition) is 0. The van der Waals surface area contributed by atoms with E-state index in [1.165, 1.54) is 0 Å². The van der Waals surface area contributed by atoms with E-state index in [4.69, 9.17) is 9.47 Å². The van der Waals surface area contributed by atoms with Crippen LogP contribution in [0, 0.1) is 0 Å². The highest BCUT2D eigenvalue weighted by Gasteiger charge is 2.14. The molecule has 0 radical (unpaired) electrons. The van der Waals surface area contributed by atoms with Crippen molar-refractivity contribution in [2.24, 2.45) is 0 Å². The van der Waals surface area contributed by atoms with Gasteiger partial charge < -0.3 is 14.4 Å². The second kappa shape index (κ2) is 6.51. The molecule has 0 spiro atoms. The van der Waals surface area contributed by atoms with Gasteiger partial charge in [-0.05, 0) is 0 Å². The molecule has 1 aromatic heterocycles. The first-order valence-electron chi connectivity index (χ1n) is 6.17. The maximum atomic E-state index is 5.33. The summed E-state index contributed by atoms with van der Waals surface area (Å²) in [5, 5.41) is 0. The lowest BCUT2D eigenvalue weighted by molar-refractivity contribution is 0.0392. The maximum Gasteiger partial charge on any atom is 0.257 e. The van der Waals surface area contributed by atoms with Gasteiger partial charge in [0.2, 0.25) is 0 Å². The maximum absolute atomic E-state index is 5.33. The molecule has 0 atom stereocenters. The number of rotatable bonds is 5. The van der Waals surface area contributed by atoms with Crippen LogP contribution in [-0.4, -0.2) is 68.4 Å². The summed E-state index contributed by atoms with van der Waals surface area (Å²) in [5.74, 6) is 1.36. The molecule has 1 aliphatic rings. The third kappa shape index (κ3) is 3.30. The first-order chi connectivity index (χ1) is 8.81. The van der Waals surface area contributed by atoms with Gasteiger partial charge in [0.05, 0.1) is 20.3 Å². The van der Waals surface area contributed by atoms with Crippen molar-refractivity contribution in [2.75, 3.05) is 58.5 Å². The Hall–Kier alpha value is -1.40. The lowest BCUT2D eigenvalue weighted by Crippen LogP contribution is -2.40. The highest BCUT2D eigenvalue weighted by Crippen LogP contribution is 2.20. The van der Waals surface area contributed by atoms with Crippen LogP contribution in [-0.2, 0) is 4.74 Å². The van der Waals surface area contributed by atoms with Crippen LogP contribution in [0.2, 0.25) is 0 Å². The fourth-order valence-corrected chi connectivity index (χ4v) is 1.95. The monoisotopic (exact) mass is 252 g/mol. The fourth-order valence-electron chi connectivity index (χ4n) is 1.95. The average molecular weight is 252 g/mol. The normalized spacial score (nSPS) is 16.6. The largest absolute Gasteiger partial charge is 0.478 e. The van der Waals surface area contributed by atoms with Gasteiger partial charge in [0, 0.05) is 45.6 Å². The van der Waals surface area contributed by atoms with Gasteiger partial charge in [-0.1, -0.05) is 0 Å². The van der Waals surface area contributed by atoms with E-state index in [-0.39, 0.29) is 0 Å². The predicted octanol–water partition coefficient (Wildman–Crippen LogP) is 0.254. The molecule has 6 heteroatoms. The molecule has 18 heavy (non-hydrogen) atoms. The molecular weight excluding hydrogens is 232 g/mol. The van der Waals surface area contributed by atoms with E-state index < -0.39 is 0 Å². The van der Waals surface area contributed by atoms with Gasteiger partial charge in [-0.2, -0.15) is 0 Å². The minimum atomic E-state index is 0.571. The van der Waals surface area contributed by atoms with Gasteiger partial charge in [0.25, 0.3) is 5.88 Å². The molecule has 0 N–H and O–H groups in total. The summed E-state index contributed by atoms with van der Waals surface area (Å²) in [4.78, 5) is 12.9. The van der Waals surface area contributed by atoms with Crippen molar-refractivity contribution in [3.8, 4) is 5.88 Å². The third-order valence-electron chi connectivity index (χ3n) is 3.06. The first-order valence-corrected chi connectivity index (χ1v) is 6.17. The zero-order valence-electron chi connectivity index (χ0n) is 11.0. The molecule has 0 aliphatic carbocycles. The van der Waals surface area contributed by atoms with Crippen molar-refractivity contribution in [1.82, 2.24) is 14.9 Å². The van der Waals surface area contributed by atoms with Gasteiger partial charge in [0.1, 0.15) is 0 Å². The van der Waals surface area contributed by atoms with Crippen molar-refractivity contribution in [2.45, 2.75) is 0 Å². The summed E-state index contributed by atoms with van der Waals surface area (Å²) >= 11 is 0. The van der Waals surface area contributed by atoms with Gasteiger partial charge >= 0.3 is 0 Å². The first kappa shape index (κ1) is 13.0. The number of aromatic nitrogens is 2. The van der Waals surface area contributed by atoms with Crippen molar-refractivity contribution in [3.63, 3.8) is 0 Å². The highest BCUT2D eigenvalue weighted by molar-refractivity contribution is 5.46. The fraction of sp³-hybridized carbons (Fsp3) is 0.667. The van der Waals surface area contributed by atoms with Crippen LogP contribution in [0.1, 0.15) is 0 Å². The van der Waals surface area contributed by atoms with Crippen molar-refractivity contribution >= 4 is 5.82 Å². The van der Waals surface area contributed by atoms with E-state index in [0.717, 1.165) is 45.2 Å². The Labute approximate surface area is 108 Å². The van der Waals surface area contributed by atoms with E-state index in [0.29, 0.717) is 5.88 Å². The van der Waals surface area contributed by atoms with E-state index >= 15 is 0 Å². The van der Waals surface area contributed by atoms with Crippen molar-refractivity contribution < 1.29 is 9.47 Å². The van der Waals surface area contributed by atoms with Crippen LogP contribution in [0.4, 0.5) is 5.82 Å². The zero-order chi connectivity index (χ0) is 12.8. The Morgan fingerprint density at radius 1 is 1.33 bits per heavy atom. The standard InChI is InChI=1S/C12H20N4O2/c1-15(5-6-16-7-9-18-10-8-16)11-12(17-2)14-4-3-13-11/h3-4H,5-10H2,1-2H3. The molecule has 2 heterocycles. The summed E-state index contributed by atoms with van der Waals surface area (Å²) in [6.07, 6.45) is 3.32. The van der Waals surface area contributed by atoms with Gasteiger partial charge in [0.15, 0.2) is 5.82 Å². The topological polar surface area (TPSA) is 50.7 Å². The smallest absolute Gasteiger partial charge is 0.257 e. The molecule has 0 saturated carbocycles. The summed E-state index contributed by atoms with van der Waals surface area (Å²) < 4.78 is 10.5. The molecule has 6 nitrogen and oxygen atoms in total. The molecule has 2 rings (SSSR count). The molecule has 0 unspecified atom stereocenters. The van der Waals surface area contributed by atoms with E-state index in [9.17, 15) is 0 Å². The second-order valence-electron chi connectivity index (χ2n) is 4.26. The number of anilines is 1. The number of ether oxygens (including phenoxy) is 2. The SMILES string of the molecule is COc1nccnc1N(C)CCN1CCOCC1. The summed E-state index contributed by atoms with van der Waals surface area (Å²) in [6.45, 7) is 5.57. The minimum Gasteiger partial charge on any atom is -0.478 e. The summed E-state index contributed by atoms with van der Waals surface area (Å²) in [6, 6.07) is 0. The van der Waals surface area contributed by atoms with Gasteiger partial charge in [-0.15, -0.1) is 0 Å². The quantitative estimate of drug-likeness (QED) is 0.749. The number of likely N-dealkylation sites (N-methyl/N-ethyl adjacent to an activating group) is 1. The van der Waals surface area contributed by atoms with E-state index in [1.807, 2.05) is 7.05 Å². The Balaban J connectivity index is 1.88. The number of nitrogens with zero attached hydrogens (tertiary/aromatic N) is 4. The van der Waals surface area contributed by atoms with Crippen molar-refractivity contribution in [1.29, 1.82) is 0 Å². The Morgan fingerprint density at radius 3 is 2.78 bits per heavy atom. The molecule has 1 aromatic rings. The van der Waals surface area contributed by atoms with E-state index in [1.54, 1.807) is 19.5 Å². The zero-order valence-corrected chi connectivity index (χ0v) is 11.0. The van der Waals surface area contributed by atoms with Crippen LogP contribution in [0.3, 0.4) is 0 Å². The van der Waals surface area contributed by atoms with E-state index in [2.05, 4.69) is 19.8 Å². The van der Waals surface area contributed by atoms with Crippen LogP contribution >= 0.6 is 0 Å². The van der Waals surface area contributed by atoms with Gasteiger partial charge in [-0.25, -0.2) is 9.97 Å². The molecule has 0 aromatic carbocycles. The average Bonchev–Trinajstić information content (AvgIpc) is 2.45. The Morgan fingerprint density at radius 2 is 2.06 bits per heavy atom. The molecule has 1 aliphatic heterocycles. The Kier molecular flexibility index (Phi) is 4.72. The molecule has 1 saturated heterocycles. The molecule has 1 fully saturated rings. The number of hydrogen-bond acceptors (Lipinski definition) is 6. The van der Waals surface area contributed by atoms with Crippen molar-refractivity contribution in [3.05, 3.63) is 12.4 Å². The van der Waals surface area contributed by atoms with Crippen LogP contribution < -0.4 is 9.64 Å². The number of morpholine rings is 1. The highest BCUT2D eigenvalue weighted by atomic mass is 16.5. The molecule has 0 bridgehead atoms. The molecule has 100 valence electrons. The summed E-state index contributed by atoms with van der Waals surface area (Å²) in [5.41, 5.74) is 0. The molecule has 0 amide bonds. The second-order valence-corrected chi connectivity index (χ2v) is 4.26.